The Hall–Kier alpha value is -2.28. The average molecular weight is 310 g/mol. The van der Waals surface area contributed by atoms with Crippen LogP contribution in [0.15, 0.2) is 47.4 Å². The Morgan fingerprint density at radius 1 is 1.24 bits per heavy atom. The summed E-state index contributed by atoms with van der Waals surface area (Å²) in [6.07, 6.45) is 0. The molecule has 0 amide bonds. The van der Waals surface area contributed by atoms with Crippen molar-refractivity contribution in [1.82, 2.24) is 0 Å². The Kier molecular flexibility index (Phi) is 4.04. The molecule has 0 bridgehead atoms. The van der Waals surface area contributed by atoms with Crippen LogP contribution >= 0.6 is 0 Å². The fourth-order valence-electron chi connectivity index (χ4n) is 1.98. The Morgan fingerprint density at radius 3 is 2.52 bits per heavy atom. The number of hydrogen-bond donors (Lipinski definition) is 2. The lowest BCUT2D eigenvalue weighted by Gasteiger charge is -2.23. The van der Waals surface area contributed by atoms with Crippen molar-refractivity contribution in [1.29, 1.82) is 0 Å². The van der Waals surface area contributed by atoms with Crippen LogP contribution in [0.3, 0.4) is 0 Å². The van der Waals surface area contributed by atoms with Crippen LogP contribution in [-0.4, -0.2) is 20.1 Å². The molecule has 0 heterocycles. The van der Waals surface area contributed by atoms with Gasteiger partial charge in [0.2, 0.25) is 0 Å². The summed E-state index contributed by atoms with van der Waals surface area (Å²) >= 11 is 0. The summed E-state index contributed by atoms with van der Waals surface area (Å²) < 4.78 is 40.1. The highest BCUT2D eigenvalue weighted by atomic mass is 32.2. The number of rotatable bonds is 4. The van der Waals surface area contributed by atoms with Gasteiger partial charge in [-0.3, -0.25) is 4.31 Å². The van der Waals surface area contributed by atoms with Gasteiger partial charge in [-0.1, -0.05) is 6.07 Å². The highest BCUT2D eigenvalue weighted by Gasteiger charge is 2.27. The van der Waals surface area contributed by atoms with Gasteiger partial charge < -0.3 is 10.8 Å². The van der Waals surface area contributed by atoms with Crippen molar-refractivity contribution in [2.75, 3.05) is 16.6 Å². The molecule has 112 valence electrons. The number of halogens is 1. The second kappa shape index (κ2) is 5.61. The number of sulfonamides is 1. The summed E-state index contributed by atoms with van der Waals surface area (Å²) in [7, 11) is -4.08. The van der Waals surface area contributed by atoms with Crippen molar-refractivity contribution in [3.63, 3.8) is 0 Å². The average Bonchev–Trinajstić information content (AvgIpc) is 2.38. The van der Waals surface area contributed by atoms with Crippen molar-refractivity contribution >= 4 is 21.4 Å². The number of nitrogen functional groups attached to an aromatic ring is 1. The lowest BCUT2D eigenvalue weighted by molar-refractivity contribution is 0.475. The lowest BCUT2D eigenvalue weighted by atomic mass is 10.3. The van der Waals surface area contributed by atoms with Crippen LogP contribution in [0.2, 0.25) is 0 Å². The standard InChI is InChI=1S/C14H15FN2O3S/c1-2-17(11-4-3-5-12(18)9-11)21(19,20)14-7-6-10(16)8-13(14)15/h3-9,18H,2,16H2,1H3. The normalized spacial score (nSPS) is 11.3. The molecule has 0 saturated heterocycles. The first-order chi connectivity index (χ1) is 9.86. The molecule has 0 atom stereocenters. The summed E-state index contributed by atoms with van der Waals surface area (Å²) in [5.41, 5.74) is 5.83. The van der Waals surface area contributed by atoms with Gasteiger partial charge in [-0.2, -0.15) is 0 Å². The minimum atomic E-state index is -4.08. The molecule has 0 aliphatic rings. The molecule has 21 heavy (non-hydrogen) atoms. The molecule has 0 unspecified atom stereocenters. The quantitative estimate of drug-likeness (QED) is 0.849. The summed E-state index contributed by atoms with van der Waals surface area (Å²) in [5.74, 6) is -0.979. The van der Waals surface area contributed by atoms with E-state index in [4.69, 9.17) is 5.73 Å². The van der Waals surface area contributed by atoms with E-state index < -0.39 is 20.7 Å². The summed E-state index contributed by atoms with van der Waals surface area (Å²) in [6, 6.07) is 9.18. The number of nitrogens with two attached hydrogens (primary N) is 1. The van der Waals surface area contributed by atoms with Gasteiger partial charge in [-0.05, 0) is 37.3 Å². The number of anilines is 2. The molecule has 3 N–H and O–H groups in total. The van der Waals surface area contributed by atoms with Gasteiger partial charge in [-0.15, -0.1) is 0 Å². The number of aromatic hydroxyl groups is 1. The van der Waals surface area contributed by atoms with Crippen LogP contribution < -0.4 is 10.0 Å². The molecule has 0 fully saturated rings. The summed E-state index contributed by atoms with van der Waals surface area (Å²) in [5, 5.41) is 9.47. The number of phenolic OH excluding ortho intramolecular Hbond substituents is 1. The molecule has 0 aliphatic carbocycles. The monoisotopic (exact) mass is 310 g/mol. The molecule has 2 aromatic rings. The molecule has 0 spiro atoms. The Morgan fingerprint density at radius 2 is 1.95 bits per heavy atom. The zero-order valence-corrected chi connectivity index (χ0v) is 12.1. The van der Waals surface area contributed by atoms with Gasteiger partial charge in [0.15, 0.2) is 0 Å². The highest BCUT2D eigenvalue weighted by Crippen LogP contribution is 2.28. The minimum Gasteiger partial charge on any atom is -0.508 e. The van der Waals surface area contributed by atoms with E-state index in [0.717, 1.165) is 16.4 Å². The van der Waals surface area contributed by atoms with Crippen molar-refractivity contribution < 1.29 is 17.9 Å². The summed E-state index contributed by atoms with van der Waals surface area (Å²) in [4.78, 5) is -0.457. The molecule has 7 heteroatoms. The third-order valence-corrected chi connectivity index (χ3v) is 4.87. The van der Waals surface area contributed by atoms with Crippen LogP contribution in [0.25, 0.3) is 0 Å². The van der Waals surface area contributed by atoms with Gasteiger partial charge in [0.25, 0.3) is 10.0 Å². The third-order valence-electron chi connectivity index (χ3n) is 2.93. The number of phenols is 1. The molecular formula is C14H15FN2O3S. The minimum absolute atomic E-state index is 0.0704. The molecule has 5 nitrogen and oxygen atoms in total. The van der Waals surface area contributed by atoms with E-state index in [1.54, 1.807) is 6.92 Å². The maximum Gasteiger partial charge on any atom is 0.267 e. The second-order valence-electron chi connectivity index (χ2n) is 4.38. The van der Waals surface area contributed by atoms with Crippen molar-refractivity contribution in [2.24, 2.45) is 0 Å². The van der Waals surface area contributed by atoms with Crippen LogP contribution in [-0.2, 0) is 10.0 Å². The van der Waals surface area contributed by atoms with E-state index in [-0.39, 0.29) is 23.7 Å². The lowest BCUT2D eigenvalue weighted by Crippen LogP contribution is -2.31. The predicted octanol–water partition coefficient (Wildman–Crippen LogP) is 2.33. The van der Waals surface area contributed by atoms with Gasteiger partial charge >= 0.3 is 0 Å². The van der Waals surface area contributed by atoms with E-state index in [0.29, 0.717) is 0 Å². The van der Waals surface area contributed by atoms with Crippen LogP contribution in [0.4, 0.5) is 15.8 Å². The first-order valence-corrected chi connectivity index (χ1v) is 7.67. The van der Waals surface area contributed by atoms with Gasteiger partial charge in [0.1, 0.15) is 16.5 Å². The van der Waals surface area contributed by atoms with Crippen molar-refractivity contribution in [2.45, 2.75) is 11.8 Å². The maximum absolute atomic E-state index is 13.9. The molecule has 0 radical (unpaired) electrons. The highest BCUT2D eigenvalue weighted by molar-refractivity contribution is 7.92. The molecule has 0 saturated carbocycles. The first-order valence-electron chi connectivity index (χ1n) is 6.23. The predicted molar refractivity (Wildman–Crippen MR) is 79.1 cm³/mol. The molecular weight excluding hydrogens is 295 g/mol. The SMILES string of the molecule is CCN(c1cccc(O)c1)S(=O)(=O)c1ccc(N)cc1F. The number of benzene rings is 2. The number of hydrogen-bond acceptors (Lipinski definition) is 4. The van der Waals surface area contributed by atoms with E-state index in [9.17, 15) is 17.9 Å². The largest absolute Gasteiger partial charge is 0.508 e. The molecule has 0 aromatic heterocycles. The Balaban J connectivity index is 2.54. The van der Waals surface area contributed by atoms with E-state index in [2.05, 4.69) is 0 Å². The van der Waals surface area contributed by atoms with Crippen LogP contribution in [0.5, 0.6) is 5.75 Å². The van der Waals surface area contributed by atoms with Gasteiger partial charge in [0, 0.05) is 18.3 Å². The molecule has 2 rings (SSSR count). The van der Waals surface area contributed by atoms with Crippen molar-refractivity contribution in [3.05, 3.63) is 48.3 Å². The fraction of sp³-hybridized carbons (Fsp3) is 0.143. The van der Waals surface area contributed by atoms with E-state index >= 15 is 0 Å². The molecule has 0 aliphatic heterocycles. The Labute approximate surface area is 122 Å². The molecule has 2 aromatic carbocycles. The third kappa shape index (κ3) is 2.92. The van der Waals surface area contributed by atoms with E-state index in [1.807, 2.05) is 0 Å². The first kappa shape index (κ1) is 15.1. The Bertz CT molecular complexity index is 763. The van der Waals surface area contributed by atoms with E-state index in [1.165, 1.54) is 30.3 Å². The fourth-order valence-corrected chi connectivity index (χ4v) is 3.50. The smallest absolute Gasteiger partial charge is 0.267 e. The maximum atomic E-state index is 13.9. The summed E-state index contributed by atoms with van der Waals surface area (Å²) in [6.45, 7) is 1.71. The number of nitrogens with zero attached hydrogens (tertiary/aromatic N) is 1. The zero-order valence-electron chi connectivity index (χ0n) is 11.3. The zero-order chi connectivity index (χ0) is 15.6. The van der Waals surface area contributed by atoms with Crippen LogP contribution in [0.1, 0.15) is 6.92 Å². The van der Waals surface area contributed by atoms with Gasteiger partial charge in [-0.25, -0.2) is 12.8 Å². The topological polar surface area (TPSA) is 83.6 Å². The van der Waals surface area contributed by atoms with Gasteiger partial charge in [0.05, 0.1) is 5.69 Å². The van der Waals surface area contributed by atoms with Crippen molar-refractivity contribution in [3.8, 4) is 5.75 Å². The second-order valence-corrected chi connectivity index (χ2v) is 6.21. The van der Waals surface area contributed by atoms with Crippen LogP contribution in [0, 0.1) is 5.82 Å².